The van der Waals surface area contributed by atoms with Gasteiger partial charge < -0.3 is 5.32 Å². The Labute approximate surface area is 125 Å². The summed E-state index contributed by atoms with van der Waals surface area (Å²) in [5.41, 5.74) is 2.84. The van der Waals surface area contributed by atoms with Crippen LogP contribution in [0.3, 0.4) is 0 Å². The number of hydrogen-bond donors (Lipinski definition) is 1. The smallest absolute Gasteiger partial charge is 0.0452 e. The summed E-state index contributed by atoms with van der Waals surface area (Å²) in [5.74, 6) is 0. The van der Waals surface area contributed by atoms with E-state index >= 15 is 0 Å². The third kappa shape index (κ3) is 5.26. The molecule has 20 heavy (non-hydrogen) atoms. The lowest BCUT2D eigenvalue weighted by Crippen LogP contribution is -2.40. The lowest BCUT2D eigenvalue weighted by molar-refractivity contribution is 0.197. The van der Waals surface area contributed by atoms with Gasteiger partial charge in [-0.25, -0.2) is 0 Å². The average molecular weight is 276 g/mol. The maximum absolute atomic E-state index is 3.73. The Balaban J connectivity index is 2.85. The first kappa shape index (κ1) is 17.2. The molecule has 1 aromatic carbocycles. The first-order chi connectivity index (χ1) is 9.60. The molecular formula is C18H32N2. The summed E-state index contributed by atoms with van der Waals surface area (Å²) in [4.78, 5) is 2.58. The second-order valence-corrected chi connectivity index (χ2v) is 5.95. The van der Waals surface area contributed by atoms with Crippen LogP contribution in [-0.2, 0) is 0 Å². The van der Waals surface area contributed by atoms with Crippen LogP contribution >= 0.6 is 0 Å². The van der Waals surface area contributed by atoms with Crippen LogP contribution in [0.1, 0.15) is 57.7 Å². The monoisotopic (exact) mass is 276 g/mol. The zero-order valence-electron chi connectivity index (χ0n) is 13.9. The molecule has 0 fully saturated rings. The van der Waals surface area contributed by atoms with E-state index in [2.05, 4.69) is 69.1 Å². The van der Waals surface area contributed by atoms with E-state index in [1.54, 1.807) is 0 Å². The van der Waals surface area contributed by atoms with E-state index in [-0.39, 0.29) is 0 Å². The highest BCUT2D eigenvalue weighted by Gasteiger charge is 2.18. The van der Waals surface area contributed by atoms with Gasteiger partial charge in [0.15, 0.2) is 0 Å². The van der Waals surface area contributed by atoms with E-state index < -0.39 is 0 Å². The number of nitrogens with one attached hydrogen (secondary N) is 1. The van der Waals surface area contributed by atoms with Crippen molar-refractivity contribution < 1.29 is 0 Å². The highest BCUT2D eigenvalue weighted by atomic mass is 15.2. The van der Waals surface area contributed by atoms with Crippen molar-refractivity contribution in [2.45, 2.75) is 59.5 Å². The molecular weight excluding hydrogens is 244 g/mol. The van der Waals surface area contributed by atoms with Crippen molar-refractivity contribution in [2.24, 2.45) is 0 Å². The van der Waals surface area contributed by atoms with Gasteiger partial charge in [-0.2, -0.15) is 0 Å². The fourth-order valence-electron chi connectivity index (χ4n) is 2.65. The maximum Gasteiger partial charge on any atom is 0.0452 e. The quantitative estimate of drug-likeness (QED) is 0.728. The first-order valence-electron chi connectivity index (χ1n) is 8.13. The molecule has 1 rings (SSSR count). The van der Waals surface area contributed by atoms with Crippen molar-refractivity contribution in [2.75, 3.05) is 19.6 Å². The molecule has 0 saturated heterocycles. The van der Waals surface area contributed by atoms with Crippen LogP contribution in [0.2, 0.25) is 0 Å². The molecule has 1 N–H and O–H groups in total. The summed E-state index contributed by atoms with van der Waals surface area (Å²) in [6.45, 7) is 14.7. The zero-order valence-corrected chi connectivity index (χ0v) is 13.9. The number of benzene rings is 1. The molecule has 1 atom stereocenters. The van der Waals surface area contributed by atoms with E-state index in [9.17, 15) is 0 Å². The van der Waals surface area contributed by atoms with E-state index in [1.807, 2.05) is 0 Å². The molecule has 0 aliphatic heterocycles. The predicted octanol–water partition coefficient (Wildman–Crippen LogP) is 4.16. The lowest BCUT2D eigenvalue weighted by atomic mass is 10.00. The average Bonchev–Trinajstić information content (AvgIpc) is 2.43. The van der Waals surface area contributed by atoms with Gasteiger partial charge in [0.25, 0.3) is 0 Å². The van der Waals surface area contributed by atoms with Gasteiger partial charge in [-0.15, -0.1) is 0 Å². The molecule has 0 aromatic heterocycles. The molecule has 114 valence electrons. The van der Waals surface area contributed by atoms with Crippen molar-refractivity contribution >= 4 is 0 Å². The van der Waals surface area contributed by atoms with Crippen molar-refractivity contribution in [3.05, 3.63) is 35.4 Å². The molecule has 0 heterocycles. The summed E-state index contributed by atoms with van der Waals surface area (Å²) >= 11 is 0. The van der Waals surface area contributed by atoms with Gasteiger partial charge in [0.1, 0.15) is 0 Å². The third-order valence-corrected chi connectivity index (χ3v) is 3.86. The maximum atomic E-state index is 3.73. The van der Waals surface area contributed by atoms with Crippen molar-refractivity contribution in [1.29, 1.82) is 0 Å². The highest BCUT2D eigenvalue weighted by molar-refractivity contribution is 5.29. The normalized spacial score (nSPS) is 13.2. The number of aryl methyl sites for hydroxylation is 1. The Morgan fingerprint density at radius 1 is 1.10 bits per heavy atom. The van der Waals surface area contributed by atoms with E-state index in [0.717, 1.165) is 13.1 Å². The fraction of sp³-hybridized carbons (Fsp3) is 0.667. The van der Waals surface area contributed by atoms with E-state index in [1.165, 1.54) is 30.5 Å². The second-order valence-electron chi connectivity index (χ2n) is 5.95. The fourth-order valence-corrected chi connectivity index (χ4v) is 2.65. The Morgan fingerprint density at radius 2 is 1.80 bits per heavy atom. The first-order valence-corrected chi connectivity index (χ1v) is 8.13. The van der Waals surface area contributed by atoms with E-state index in [4.69, 9.17) is 0 Å². The molecule has 0 amide bonds. The molecule has 1 unspecified atom stereocenters. The van der Waals surface area contributed by atoms with Gasteiger partial charge in [-0.3, -0.25) is 4.90 Å². The summed E-state index contributed by atoms with van der Waals surface area (Å²) < 4.78 is 0. The summed E-state index contributed by atoms with van der Waals surface area (Å²) in [6, 6.07) is 9.81. The summed E-state index contributed by atoms with van der Waals surface area (Å²) in [6.07, 6.45) is 2.39. The number of hydrogen-bond acceptors (Lipinski definition) is 2. The topological polar surface area (TPSA) is 15.3 Å². The standard InChI is InChI=1S/C18H32N2/c1-6-12-19-18(14-20(13-7-2)15(3)4)17-11-9-8-10-16(17)5/h8-11,15,18-19H,6-7,12-14H2,1-5H3. The van der Waals surface area contributed by atoms with Crippen LogP contribution in [0.5, 0.6) is 0 Å². The van der Waals surface area contributed by atoms with Crippen LogP contribution in [0.25, 0.3) is 0 Å². The molecule has 0 radical (unpaired) electrons. The van der Waals surface area contributed by atoms with Crippen LogP contribution in [0.15, 0.2) is 24.3 Å². The summed E-state index contributed by atoms with van der Waals surface area (Å²) in [5, 5.41) is 3.73. The van der Waals surface area contributed by atoms with Crippen molar-refractivity contribution in [3.63, 3.8) is 0 Å². The minimum Gasteiger partial charge on any atom is -0.309 e. The Hall–Kier alpha value is -0.860. The Morgan fingerprint density at radius 3 is 2.35 bits per heavy atom. The van der Waals surface area contributed by atoms with Gasteiger partial charge in [0.05, 0.1) is 0 Å². The summed E-state index contributed by atoms with van der Waals surface area (Å²) in [7, 11) is 0. The minimum absolute atomic E-state index is 0.435. The Kier molecular flexibility index (Phi) is 7.86. The minimum atomic E-state index is 0.435. The molecule has 0 bridgehead atoms. The molecule has 2 heteroatoms. The lowest BCUT2D eigenvalue weighted by Gasteiger charge is -2.32. The van der Waals surface area contributed by atoms with E-state index in [0.29, 0.717) is 12.1 Å². The van der Waals surface area contributed by atoms with Gasteiger partial charge in [-0.1, -0.05) is 38.1 Å². The van der Waals surface area contributed by atoms with Gasteiger partial charge in [0, 0.05) is 18.6 Å². The second kappa shape index (κ2) is 9.15. The van der Waals surface area contributed by atoms with Crippen LogP contribution in [0, 0.1) is 6.92 Å². The van der Waals surface area contributed by atoms with Crippen molar-refractivity contribution in [1.82, 2.24) is 10.2 Å². The largest absolute Gasteiger partial charge is 0.309 e. The molecule has 0 aliphatic rings. The molecule has 0 aliphatic carbocycles. The van der Waals surface area contributed by atoms with Crippen LogP contribution in [-0.4, -0.2) is 30.6 Å². The molecule has 0 spiro atoms. The third-order valence-electron chi connectivity index (χ3n) is 3.86. The molecule has 1 aromatic rings. The van der Waals surface area contributed by atoms with Crippen LogP contribution in [0.4, 0.5) is 0 Å². The Bertz CT molecular complexity index is 373. The predicted molar refractivity (Wildman–Crippen MR) is 89.2 cm³/mol. The molecule has 2 nitrogen and oxygen atoms in total. The van der Waals surface area contributed by atoms with Gasteiger partial charge in [0.2, 0.25) is 0 Å². The van der Waals surface area contributed by atoms with Crippen molar-refractivity contribution in [3.8, 4) is 0 Å². The molecule has 0 saturated carbocycles. The van der Waals surface area contributed by atoms with Crippen LogP contribution < -0.4 is 5.32 Å². The zero-order chi connectivity index (χ0) is 15.0. The van der Waals surface area contributed by atoms with Gasteiger partial charge in [-0.05, 0) is 57.8 Å². The number of rotatable bonds is 9. The van der Waals surface area contributed by atoms with Gasteiger partial charge >= 0.3 is 0 Å². The SMILES string of the molecule is CCCNC(CN(CCC)C(C)C)c1ccccc1C. The highest BCUT2D eigenvalue weighted by Crippen LogP contribution is 2.20. The number of nitrogens with zero attached hydrogens (tertiary/aromatic N) is 1.